The molecule has 1 heterocycles. The number of carbonyl (C=O) groups is 2. The molecule has 1 saturated carbocycles. The third-order valence-corrected chi connectivity index (χ3v) is 4.57. The Balaban J connectivity index is 1.83. The van der Waals surface area contributed by atoms with Crippen LogP contribution in [0.1, 0.15) is 39.5 Å². The number of nitrogens with one attached hydrogen (secondary N) is 1. The lowest BCUT2D eigenvalue weighted by atomic mass is 9.80. The zero-order valence-corrected chi connectivity index (χ0v) is 11.8. The largest absolute Gasteiger partial charge is 0.481 e. The van der Waals surface area contributed by atoms with Gasteiger partial charge in [0.2, 0.25) is 0 Å². The number of carboxylic acid groups (broad SMARTS) is 1. The highest BCUT2D eigenvalue weighted by molar-refractivity contribution is 5.77. The van der Waals surface area contributed by atoms with E-state index in [9.17, 15) is 9.59 Å². The van der Waals surface area contributed by atoms with Crippen molar-refractivity contribution in [3.8, 4) is 0 Å². The molecule has 1 aliphatic carbocycles. The molecule has 0 aromatic rings. The number of carboxylic acids is 1. The second-order valence-corrected chi connectivity index (χ2v) is 6.22. The highest BCUT2D eigenvalue weighted by atomic mass is 16.4. The fourth-order valence-electron chi connectivity index (χ4n) is 3.28. The quantitative estimate of drug-likeness (QED) is 0.804. The first-order valence-corrected chi connectivity index (χ1v) is 7.25. The molecule has 0 aromatic carbocycles. The van der Waals surface area contributed by atoms with Gasteiger partial charge in [-0.2, -0.15) is 0 Å². The summed E-state index contributed by atoms with van der Waals surface area (Å²) in [5, 5.41) is 12.0. The first-order valence-electron chi connectivity index (χ1n) is 7.25. The molecule has 2 fully saturated rings. The molecule has 2 amide bonds. The molecular weight excluding hydrogens is 244 g/mol. The molecule has 4 atom stereocenters. The van der Waals surface area contributed by atoms with Gasteiger partial charge in [0, 0.05) is 19.1 Å². The Labute approximate surface area is 114 Å². The normalized spacial score (nSPS) is 35.2. The molecule has 108 valence electrons. The maximum Gasteiger partial charge on any atom is 0.317 e. The average Bonchev–Trinajstić information content (AvgIpc) is 2.82. The van der Waals surface area contributed by atoms with Crippen LogP contribution in [0.4, 0.5) is 4.79 Å². The van der Waals surface area contributed by atoms with E-state index < -0.39 is 11.9 Å². The minimum atomic E-state index is -0.796. The van der Waals surface area contributed by atoms with Crippen LogP contribution in [0, 0.1) is 17.8 Å². The Morgan fingerprint density at radius 3 is 2.53 bits per heavy atom. The summed E-state index contributed by atoms with van der Waals surface area (Å²) in [5.74, 6) is 0.0571. The van der Waals surface area contributed by atoms with Crippen molar-refractivity contribution in [1.29, 1.82) is 0 Å². The van der Waals surface area contributed by atoms with Crippen molar-refractivity contribution in [1.82, 2.24) is 10.2 Å². The average molecular weight is 268 g/mol. The van der Waals surface area contributed by atoms with Gasteiger partial charge in [-0.1, -0.05) is 13.8 Å². The van der Waals surface area contributed by atoms with Crippen molar-refractivity contribution in [3.63, 3.8) is 0 Å². The van der Waals surface area contributed by atoms with Gasteiger partial charge >= 0.3 is 12.0 Å². The summed E-state index contributed by atoms with van der Waals surface area (Å²) < 4.78 is 0. The number of amides is 2. The van der Waals surface area contributed by atoms with E-state index >= 15 is 0 Å². The predicted molar refractivity (Wildman–Crippen MR) is 71.8 cm³/mol. The highest BCUT2D eigenvalue weighted by Gasteiger charge is 2.33. The van der Waals surface area contributed by atoms with E-state index in [1.807, 2.05) is 0 Å². The molecule has 19 heavy (non-hydrogen) atoms. The number of carbonyl (C=O) groups excluding carboxylic acids is 1. The molecule has 1 aliphatic heterocycles. The minimum absolute atomic E-state index is 0.0878. The second kappa shape index (κ2) is 5.80. The van der Waals surface area contributed by atoms with Crippen LogP contribution < -0.4 is 5.32 Å². The summed E-state index contributed by atoms with van der Waals surface area (Å²) in [7, 11) is 0. The zero-order valence-electron chi connectivity index (χ0n) is 11.8. The van der Waals surface area contributed by atoms with Crippen molar-refractivity contribution >= 4 is 12.0 Å². The smallest absolute Gasteiger partial charge is 0.317 e. The number of hydrogen-bond acceptors (Lipinski definition) is 2. The van der Waals surface area contributed by atoms with Crippen LogP contribution in [0.3, 0.4) is 0 Å². The van der Waals surface area contributed by atoms with Crippen molar-refractivity contribution in [2.24, 2.45) is 17.8 Å². The summed E-state index contributed by atoms with van der Waals surface area (Å²) in [6.45, 7) is 5.34. The van der Waals surface area contributed by atoms with Crippen LogP contribution in [-0.2, 0) is 4.79 Å². The number of likely N-dealkylation sites (tertiary alicyclic amines) is 1. The summed E-state index contributed by atoms with van der Waals surface area (Å²) in [4.78, 5) is 24.7. The van der Waals surface area contributed by atoms with Gasteiger partial charge in [-0.15, -0.1) is 0 Å². The van der Waals surface area contributed by atoms with Crippen molar-refractivity contribution in [2.75, 3.05) is 13.1 Å². The Morgan fingerprint density at radius 2 is 1.95 bits per heavy atom. The maximum atomic E-state index is 12.1. The molecule has 1 saturated heterocycles. The Morgan fingerprint density at radius 1 is 1.21 bits per heavy atom. The fourth-order valence-corrected chi connectivity index (χ4v) is 3.28. The number of hydrogen-bond donors (Lipinski definition) is 2. The third-order valence-electron chi connectivity index (χ3n) is 4.57. The van der Waals surface area contributed by atoms with Crippen LogP contribution >= 0.6 is 0 Å². The molecule has 0 spiro atoms. The van der Waals surface area contributed by atoms with E-state index in [-0.39, 0.29) is 12.1 Å². The van der Waals surface area contributed by atoms with Gasteiger partial charge in [0.05, 0.1) is 5.92 Å². The standard InChI is InChI=1S/C14H24N2O3/c1-9-3-4-12(10(2)7-9)15-14(19)16-6-5-11(8-16)13(17)18/h9-12H,3-8H2,1-2H3,(H,15,19)(H,17,18). The minimum Gasteiger partial charge on any atom is -0.481 e. The topological polar surface area (TPSA) is 69.6 Å². The van der Waals surface area contributed by atoms with E-state index in [0.29, 0.717) is 25.4 Å². The predicted octanol–water partition coefficient (Wildman–Crippen LogP) is 1.93. The highest BCUT2D eigenvalue weighted by Crippen LogP contribution is 2.29. The summed E-state index contributed by atoms with van der Waals surface area (Å²) in [5.41, 5.74) is 0. The second-order valence-electron chi connectivity index (χ2n) is 6.22. The number of rotatable bonds is 2. The monoisotopic (exact) mass is 268 g/mol. The number of nitrogens with zero attached hydrogens (tertiary/aromatic N) is 1. The lowest BCUT2D eigenvalue weighted by molar-refractivity contribution is -0.141. The van der Waals surface area contributed by atoms with Crippen LogP contribution in [0.15, 0.2) is 0 Å². The van der Waals surface area contributed by atoms with Gasteiger partial charge < -0.3 is 15.3 Å². The molecule has 4 unspecified atom stereocenters. The van der Waals surface area contributed by atoms with Crippen LogP contribution in [0.2, 0.25) is 0 Å². The lowest BCUT2D eigenvalue weighted by Crippen LogP contribution is -2.48. The van der Waals surface area contributed by atoms with Gasteiger partial charge in [-0.3, -0.25) is 4.79 Å². The Bertz CT molecular complexity index is 359. The van der Waals surface area contributed by atoms with Gasteiger partial charge in [0.25, 0.3) is 0 Å². The first-order chi connectivity index (χ1) is 8.97. The summed E-state index contributed by atoms with van der Waals surface area (Å²) in [6.07, 6.45) is 3.92. The molecule has 2 aliphatic rings. The van der Waals surface area contributed by atoms with Gasteiger partial charge in [0.15, 0.2) is 0 Å². The summed E-state index contributed by atoms with van der Waals surface area (Å²) >= 11 is 0. The van der Waals surface area contributed by atoms with Crippen molar-refractivity contribution in [2.45, 2.75) is 45.6 Å². The van der Waals surface area contributed by atoms with Crippen LogP contribution in [0.25, 0.3) is 0 Å². The van der Waals surface area contributed by atoms with Crippen molar-refractivity contribution in [3.05, 3.63) is 0 Å². The lowest BCUT2D eigenvalue weighted by Gasteiger charge is -2.34. The SMILES string of the molecule is CC1CCC(NC(=O)N2CCC(C(=O)O)C2)C(C)C1. The number of aliphatic carboxylic acids is 1. The molecule has 5 heteroatoms. The van der Waals surface area contributed by atoms with Gasteiger partial charge in [-0.05, 0) is 37.5 Å². The van der Waals surface area contributed by atoms with Gasteiger partial charge in [0.1, 0.15) is 0 Å². The fraction of sp³-hybridized carbons (Fsp3) is 0.857. The number of urea groups is 1. The molecule has 0 aromatic heterocycles. The van der Waals surface area contributed by atoms with E-state index in [0.717, 1.165) is 25.2 Å². The van der Waals surface area contributed by atoms with E-state index in [1.54, 1.807) is 4.90 Å². The third kappa shape index (κ3) is 3.39. The zero-order chi connectivity index (χ0) is 14.0. The van der Waals surface area contributed by atoms with E-state index in [1.165, 1.54) is 0 Å². The Kier molecular flexibility index (Phi) is 4.32. The van der Waals surface area contributed by atoms with Crippen LogP contribution in [-0.4, -0.2) is 41.1 Å². The van der Waals surface area contributed by atoms with Crippen molar-refractivity contribution < 1.29 is 14.7 Å². The van der Waals surface area contributed by atoms with E-state index in [2.05, 4.69) is 19.2 Å². The molecule has 5 nitrogen and oxygen atoms in total. The summed E-state index contributed by atoms with van der Waals surface area (Å²) in [6, 6.07) is 0.155. The molecule has 2 N–H and O–H groups in total. The van der Waals surface area contributed by atoms with Gasteiger partial charge in [-0.25, -0.2) is 4.79 Å². The maximum absolute atomic E-state index is 12.1. The molecule has 0 radical (unpaired) electrons. The molecular formula is C14H24N2O3. The molecule has 2 rings (SSSR count). The Hall–Kier alpha value is -1.26. The van der Waals surface area contributed by atoms with Crippen LogP contribution in [0.5, 0.6) is 0 Å². The first kappa shape index (κ1) is 14.2. The van der Waals surface area contributed by atoms with E-state index in [4.69, 9.17) is 5.11 Å². The molecule has 0 bridgehead atoms.